The summed E-state index contributed by atoms with van der Waals surface area (Å²) in [6.45, 7) is 0.845. The van der Waals surface area contributed by atoms with Gasteiger partial charge >= 0.3 is 0 Å². The van der Waals surface area contributed by atoms with Crippen LogP contribution in [0.5, 0.6) is 11.5 Å². The van der Waals surface area contributed by atoms with E-state index < -0.39 is 6.10 Å². The SMILES string of the molecule is COc1ccc(CNC[C@@H](O)c2cccc(F)c2)c(OC)c1. The molecule has 2 aromatic rings. The van der Waals surface area contributed by atoms with Gasteiger partial charge in [0.2, 0.25) is 0 Å². The summed E-state index contributed by atoms with van der Waals surface area (Å²) in [6, 6.07) is 11.5. The van der Waals surface area contributed by atoms with Crippen molar-refractivity contribution < 1.29 is 19.0 Å². The number of methoxy groups -OCH3 is 2. The average Bonchev–Trinajstić information content (AvgIpc) is 2.54. The molecule has 0 aliphatic heterocycles. The zero-order valence-electron chi connectivity index (χ0n) is 12.7. The molecule has 2 aromatic carbocycles. The van der Waals surface area contributed by atoms with E-state index in [9.17, 15) is 9.50 Å². The van der Waals surface area contributed by atoms with Gasteiger partial charge in [0, 0.05) is 24.7 Å². The van der Waals surface area contributed by atoms with Crippen molar-refractivity contribution in [1.29, 1.82) is 0 Å². The number of ether oxygens (including phenoxy) is 2. The Balaban J connectivity index is 1.93. The molecule has 4 nitrogen and oxygen atoms in total. The van der Waals surface area contributed by atoms with Gasteiger partial charge in [-0.2, -0.15) is 0 Å². The highest BCUT2D eigenvalue weighted by molar-refractivity contribution is 5.40. The Morgan fingerprint density at radius 1 is 1.14 bits per heavy atom. The van der Waals surface area contributed by atoms with Crippen molar-refractivity contribution in [3.63, 3.8) is 0 Å². The van der Waals surface area contributed by atoms with E-state index in [-0.39, 0.29) is 5.82 Å². The molecule has 0 aromatic heterocycles. The van der Waals surface area contributed by atoms with Crippen molar-refractivity contribution in [2.75, 3.05) is 20.8 Å². The van der Waals surface area contributed by atoms with Crippen LogP contribution in [0.15, 0.2) is 42.5 Å². The van der Waals surface area contributed by atoms with E-state index in [4.69, 9.17) is 9.47 Å². The van der Waals surface area contributed by atoms with Gasteiger partial charge in [0.1, 0.15) is 17.3 Å². The summed E-state index contributed by atoms with van der Waals surface area (Å²) in [7, 11) is 3.20. The van der Waals surface area contributed by atoms with Crippen LogP contribution in [0.1, 0.15) is 17.2 Å². The molecule has 0 unspecified atom stereocenters. The summed E-state index contributed by atoms with van der Waals surface area (Å²) in [5.74, 6) is 1.08. The maximum absolute atomic E-state index is 13.1. The summed E-state index contributed by atoms with van der Waals surface area (Å²) in [5.41, 5.74) is 1.50. The van der Waals surface area contributed by atoms with Gasteiger partial charge in [-0.05, 0) is 23.8 Å². The Kier molecular flexibility index (Phi) is 5.75. The van der Waals surface area contributed by atoms with E-state index in [0.29, 0.717) is 24.4 Å². The number of hydrogen-bond acceptors (Lipinski definition) is 4. The van der Waals surface area contributed by atoms with Crippen LogP contribution in [-0.2, 0) is 6.54 Å². The minimum Gasteiger partial charge on any atom is -0.497 e. The minimum absolute atomic E-state index is 0.318. The lowest BCUT2D eigenvalue weighted by Crippen LogP contribution is -2.21. The van der Waals surface area contributed by atoms with Crippen LogP contribution in [0, 0.1) is 5.82 Å². The van der Waals surface area contributed by atoms with Gasteiger partial charge in [0.05, 0.1) is 20.3 Å². The Morgan fingerprint density at radius 2 is 1.95 bits per heavy atom. The molecule has 2 N–H and O–H groups in total. The van der Waals surface area contributed by atoms with Crippen molar-refractivity contribution in [3.05, 3.63) is 59.4 Å². The Hall–Kier alpha value is -2.11. The first kappa shape index (κ1) is 16.3. The third-order valence-electron chi connectivity index (χ3n) is 3.38. The third kappa shape index (κ3) is 4.19. The van der Waals surface area contributed by atoms with E-state index in [0.717, 1.165) is 11.3 Å². The van der Waals surface area contributed by atoms with Crippen molar-refractivity contribution >= 4 is 0 Å². The predicted molar refractivity (Wildman–Crippen MR) is 82.6 cm³/mol. The van der Waals surface area contributed by atoms with E-state index in [1.54, 1.807) is 32.4 Å². The number of rotatable bonds is 7. The van der Waals surface area contributed by atoms with Gasteiger partial charge in [0.15, 0.2) is 0 Å². The molecule has 0 radical (unpaired) electrons. The van der Waals surface area contributed by atoms with Crippen LogP contribution in [0.25, 0.3) is 0 Å². The molecule has 0 saturated heterocycles. The number of aliphatic hydroxyl groups excluding tert-OH is 1. The summed E-state index contributed by atoms with van der Waals surface area (Å²) in [4.78, 5) is 0. The number of benzene rings is 2. The maximum Gasteiger partial charge on any atom is 0.127 e. The van der Waals surface area contributed by atoms with E-state index >= 15 is 0 Å². The highest BCUT2D eigenvalue weighted by Gasteiger charge is 2.09. The fourth-order valence-electron chi connectivity index (χ4n) is 2.17. The highest BCUT2D eigenvalue weighted by atomic mass is 19.1. The van der Waals surface area contributed by atoms with Gasteiger partial charge in [-0.25, -0.2) is 4.39 Å². The van der Waals surface area contributed by atoms with Gasteiger partial charge in [-0.15, -0.1) is 0 Å². The molecule has 0 saturated carbocycles. The number of hydrogen-bond donors (Lipinski definition) is 2. The van der Waals surface area contributed by atoms with E-state index in [2.05, 4.69) is 5.32 Å². The van der Waals surface area contributed by atoms with Gasteiger partial charge < -0.3 is 19.9 Å². The van der Waals surface area contributed by atoms with Crippen molar-refractivity contribution in [2.45, 2.75) is 12.6 Å². The first-order chi connectivity index (χ1) is 10.6. The smallest absolute Gasteiger partial charge is 0.127 e. The molecule has 0 heterocycles. The second-order valence-corrected chi connectivity index (χ2v) is 4.88. The molecule has 2 rings (SSSR count). The largest absolute Gasteiger partial charge is 0.497 e. The van der Waals surface area contributed by atoms with E-state index in [1.165, 1.54) is 12.1 Å². The van der Waals surface area contributed by atoms with Gasteiger partial charge in [-0.1, -0.05) is 18.2 Å². The van der Waals surface area contributed by atoms with E-state index in [1.807, 2.05) is 12.1 Å². The first-order valence-electron chi connectivity index (χ1n) is 6.99. The van der Waals surface area contributed by atoms with Crippen LogP contribution in [-0.4, -0.2) is 25.9 Å². The minimum atomic E-state index is -0.764. The van der Waals surface area contributed by atoms with Crippen LogP contribution in [0.2, 0.25) is 0 Å². The Bertz CT molecular complexity index is 619. The third-order valence-corrected chi connectivity index (χ3v) is 3.38. The fraction of sp³-hybridized carbons (Fsp3) is 0.294. The number of nitrogens with one attached hydrogen (secondary N) is 1. The molecule has 0 amide bonds. The zero-order chi connectivity index (χ0) is 15.9. The molecule has 0 aliphatic carbocycles. The van der Waals surface area contributed by atoms with Gasteiger partial charge in [0.25, 0.3) is 0 Å². The Morgan fingerprint density at radius 3 is 2.64 bits per heavy atom. The molecule has 0 spiro atoms. The molecular formula is C17H20FNO3. The predicted octanol–water partition coefficient (Wildman–Crippen LogP) is 2.67. The molecule has 1 atom stereocenters. The lowest BCUT2D eigenvalue weighted by Gasteiger charge is -2.14. The second kappa shape index (κ2) is 7.77. The zero-order valence-corrected chi connectivity index (χ0v) is 12.7. The summed E-state index contributed by atoms with van der Waals surface area (Å²) in [6.07, 6.45) is -0.764. The summed E-state index contributed by atoms with van der Waals surface area (Å²) in [5, 5.41) is 13.2. The Labute approximate surface area is 129 Å². The monoisotopic (exact) mass is 305 g/mol. The summed E-state index contributed by atoms with van der Waals surface area (Å²) < 4.78 is 23.6. The lowest BCUT2D eigenvalue weighted by molar-refractivity contribution is 0.174. The number of aliphatic hydroxyl groups is 1. The molecule has 5 heteroatoms. The molecule has 22 heavy (non-hydrogen) atoms. The fourth-order valence-corrected chi connectivity index (χ4v) is 2.17. The summed E-state index contributed by atoms with van der Waals surface area (Å²) >= 11 is 0. The quantitative estimate of drug-likeness (QED) is 0.826. The molecular weight excluding hydrogens is 285 g/mol. The average molecular weight is 305 g/mol. The van der Waals surface area contributed by atoms with Crippen molar-refractivity contribution in [1.82, 2.24) is 5.32 Å². The molecule has 118 valence electrons. The standard InChI is InChI=1S/C17H20FNO3/c1-21-15-7-6-13(17(9-15)22-2)10-19-11-16(20)12-4-3-5-14(18)8-12/h3-9,16,19-20H,10-11H2,1-2H3/t16-/m1/s1. The maximum atomic E-state index is 13.1. The lowest BCUT2D eigenvalue weighted by atomic mass is 10.1. The van der Waals surface area contributed by atoms with Crippen LogP contribution < -0.4 is 14.8 Å². The first-order valence-corrected chi connectivity index (χ1v) is 6.99. The van der Waals surface area contributed by atoms with Crippen molar-refractivity contribution in [3.8, 4) is 11.5 Å². The van der Waals surface area contributed by atoms with Crippen molar-refractivity contribution in [2.24, 2.45) is 0 Å². The normalized spacial score (nSPS) is 12.0. The molecule has 0 fully saturated rings. The second-order valence-electron chi connectivity index (χ2n) is 4.88. The van der Waals surface area contributed by atoms with Crippen LogP contribution >= 0.6 is 0 Å². The van der Waals surface area contributed by atoms with Gasteiger partial charge in [-0.3, -0.25) is 0 Å². The van der Waals surface area contributed by atoms with Crippen LogP contribution in [0.3, 0.4) is 0 Å². The topological polar surface area (TPSA) is 50.7 Å². The van der Waals surface area contributed by atoms with Crippen LogP contribution in [0.4, 0.5) is 4.39 Å². The highest BCUT2D eigenvalue weighted by Crippen LogP contribution is 2.24. The number of halogens is 1. The molecule has 0 bridgehead atoms. The molecule has 0 aliphatic rings.